The third kappa shape index (κ3) is 5.26. The molecular formula is C19H22FNO3. The van der Waals surface area contributed by atoms with E-state index in [0.29, 0.717) is 12.3 Å². The summed E-state index contributed by atoms with van der Waals surface area (Å²) in [7, 11) is 1.65. The highest BCUT2D eigenvalue weighted by Gasteiger charge is 2.14. The first kappa shape index (κ1) is 17.8. The largest absolute Gasteiger partial charge is 0.496 e. The van der Waals surface area contributed by atoms with E-state index in [1.54, 1.807) is 14.0 Å². The molecule has 24 heavy (non-hydrogen) atoms. The molecule has 5 heteroatoms. The molecule has 1 unspecified atom stereocenters. The van der Waals surface area contributed by atoms with Crippen LogP contribution in [0.4, 0.5) is 4.39 Å². The summed E-state index contributed by atoms with van der Waals surface area (Å²) in [4.78, 5) is 12.0. The molecule has 2 aromatic carbocycles. The highest BCUT2D eigenvalue weighted by Crippen LogP contribution is 2.18. The summed E-state index contributed by atoms with van der Waals surface area (Å²) in [6.07, 6.45) is 0.981. The van der Waals surface area contributed by atoms with Gasteiger partial charge in [0.05, 0.1) is 7.11 Å². The monoisotopic (exact) mass is 331 g/mol. The molecule has 0 aromatic heterocycles. The van der Waals surface area contributed by atoms with Gasteiger partial charge in [0.25, 0.3) is 5.91 Å². The van der Waals surface area contributed by atoms with Gasteiger partial charge in [0.15, 0.2) is 6.10 Å². The summed E-state index contributed by atoms with van der Waals surface area (Å²) in [5.74, 6) is 0.792. The van der Waals surface area contributed by atoms with Crippen molar-refractivity contribution in [2.45, 2.75) is 25.9 Å². The van der Waals surface area contributed by atoms with Crippen molar-refractivity contribution in [3.8, 4) is 11.5 Å². The minimum absolute atomic E-state index is 0.195. The molecule has 4 nitrogen and oxygen atoms in total. The molecule has 1 amide bonds. The minimum atomic E-state index is -0.637. The fraction of sp³-hybridized carbons (Fsp3) is 0.316. The molecule has 0 aliphatic rings. The summed E-state index contributed by atoms with van der Waals surface area (Å²) < 4.78 is 23.6. The van der Waals surface area contributed by atoms with E-state index in [1.807, 2.05) is 24.3 Å². The lowest BCUT2D eigenvalue weighted by Crippen LogP contribution is -2.36. The van der Waals surface area contributed by atoms with E-state index in [0.717, 1.165) is 24.2 Å². The summed E-state index contributed by atoms with van der Waals surface area (Å²) in [5.41, 5.74) is 1.12. The van der Waals surface area contributed by atoms with Crippen LogP contribution < -0.4 is 14.8 Å². The Bertz CT molecular complexity index is 658. The molecule has 0 aliphatic carbocycles. The van der Waals surface area contributed by atoms with Crippen LogP contribution in [0.2, 0.25) is 0 Å². The number of carbonyl (C=O) groups is 1. The van der Waals surface area contributed by atoms with Gasteiger partial charge in [-0.3, -0.25) is 4.79 Å². The summed E-state index contributed by atoms with van der Waals surface area (Å²) in [6.45, 7) is 2.22. The first-order valence-corrected chi connectivity index (χ1v) is 7.92. The second-order valence-corrected chi connectivity index (χ2v) is 5.42. The van der Waals surface area contributed by atoms with E-state index in [1.165, 1.54) is 24.3 Å². The van der Waals surface area contributed by atoms with Crippen LogP contribution >= 0.6 is 0 Å². The van der Waals surface area contributed by atoms with Crippen molar-refractivity contribution in [3.05, 3.63) is 59.9 Å². The van der Waals surface area contributed by atoms with Crippen molar-refractivity contribution in [1.29, 1.82) is 0 Å². The van der Waals surface area contributed by atoms with Crippen molar-refractivity contribution in [2.75, 3.05) is 13.7 Å². The third-order valence-corrected chi connectivity index (χ3v) is 3.61. The van der Waals surface area contributed by atoms with Crippen LogP contribution in [0.5, 0.6) is 11.5 Å². The molecule has 0 aliphatic heterocycles. The number of aryl methyl sites for hydroxylation is 1. The lowest BCUT2D eigenvalue weighted by atomic mass is 10.1. The van der Waals surface area contributed by atoms with E-state index in [2.05, 4.69) is 5.32 Å². The molecule has 128 valence electrons. The van der Waals surface area contributed by atoms with Crippen molar-refractivity contribution in [3.63, 3.8) is 0 Å². The van der Waals surface area contributed by atoms with E-state index >= 15 is 0 Å². The molecule has 0 saturated carbocycles. The number of hydrogen-bond acceptors (Lipinski definition) is 3. The first-order chi connectivity index (χ1) is 11.6. The second kappa shape index (κ2) is 8.91. The van der Waals surface area contributed by atoms with Crippen LogP contribution in [-0.4, -0.2) is 25.7 Å². The van der Waals surface area contributed by atoms with Gasteiger partial charge < -0.3 is 14.8 Å². The predicted octanol–water partition coefficient (Wildman–Crippen LogP) is 3.35. The molecule has 0 spiro atoms. The molecule has 1 N–H and O–H groups in total. The molecule has 0 radical (unpaired) electrons. The van der Waals surface area contributed by atoms with Crippen LogP contribution in [0, 0.1) is 5.82 Å². The maximum Gasteiger partial charge on any atom is 0.260 e. The fourth-order valence-electron chi connectivity index (χ4n) is 2.31. The number of methoxy groups -OCH3 is 1. The Kier molecular flexibility index (Phi) is 6.61. The van der Waals surface area contributed by atoms with E-state index in [4.69, 9.17) is 9.47 Å². The van der Waals surface area contributed by atoms with E-state index in [9.17, 15) is 9.18 Å². The highest BCUT2D eigenvalue weighted by atomic mass is 19.1. The number of hydrogen-bond donors (Lipinski definition) is 1. The van der Waals surface area contributed by atoms with Gasteiger partial charge in [-0.25, -0.2) is 4.39 Å². The maximum atomic E-state index is 12.8. The van der Waals surface area contributed by atoms with Gasteiger partial charge in [-0.15, -0.1) is 0 Å². The standard InChI is InChI=1S/C19H22FNO3/c1-14(24-17-11-9-16(20)10-12-17)19(22)21-13-5-7-15-6-3-4-8-18(15)23-2/h3-4,6,8-12,14H,5,7,13H2,1-2H3,(H,21,22). The Morgan fingerprint density at radius 3 is 2.58 bits per heavy atom. The number of rotatable bonds is 8. The van der Waals surface area contributed by atoms with Gasteiger partial charge in [0, 0.05) is 6.54 Å². The molecule has 0 fully saturated rings. The third-order valence-electron chi connectivity index (χ3n) is 3.61. The molecular weight excluding hydrogens is 309 g/mol. The average Bonchev–Trinajstić information content (AvgIpc) is 2.60. The van der Waals surface area contributed by atoms with Crippen LogP contribution in [0.25, 0.3) is 0 Å². The van der Waals surface area contributed by atoms with E-state index < -0.39 is 6.10 Å². The molecule has 2 rings (SSSR count). The Morgan fingerprint density at radius 1 is 1.17 bits per heavy atom. The lowest BCUT2D eigenvalue weighted by molar-refractivity contribution is -0.127. The van der Waals surface area contributed by atoms with Crippen LogP contribution in [0.3, 0.4) is 0 Å². The van der Waals surface area contributed by atoms with Gasteiger partial charge in [0.1, 0.15) is 17.3 Å². The second-order valence-electron chi connectivity index (χ2n) is 5.42. The topological polar surface area (TPSA) is 47.6 Å². The van der Waals surface area contributed by atoms with Crippen molar-refractivity contribution < 1.29 is 18.7 Å². The fourth-order valence-corrected chi connectivity index (χ4v) is 2.31. The SMILES string of the molecule is COc1ccccc1CCCNC(=O)C(C)Oc1ccc(F)cc1. The van der Waals surface area contributed by atoms with Gasteiger partial charge >= 0.3 is 0 Å². The quantitative estimate of drug-likeness (QED) is 0.755. The number of ether oxygens (including phenoxy) is 2. The highest BCUT2D eigenvalue weighted by molar-refractivity contribution is 5.80. The van der Waals surface area contributed by atoms with Gasteiger partial charge in [-0.2, -0.15) is 0 Å². The smallest absolute Gasteiger partial charge is 0.260 e. The molecule has 1 atom stereocenters. The maximum absolute atomic E-state index is 12.8. The predicted molar refractivity (Wildman–Crippen MR) is 90.8 cm³/mol. The number of para-hydroxylation sites is 1. The molecule has 0 heterocycles. The molecule has 0 saturated heterocycles. The zero-order valence-electron chi connectivity index (χ0n) is 13.9. The van der Waals surface area contributed by atoms with Crippen LogP contribution in [-0.2, 0) is 11.2 Å². The number of carbonyl (C=O) groups excluding carboxylic acids is 1. The molecule has 2 aromatic rings. The average molecular weight is 331 g/mol. The van der Waals surface area contributed by atoms with Gasteiger partial charge in [-0.1, -0.05) is 18.2 Å². The number of benzene rings is 2. The lowest BCUT2D eigenvalue weighted by Gasteiger charge is -2.15. The summed E-state index contributed by atoms with van der Waals surface area (Å²) in [5, 5.41) is 2.84. The Balaban J connectivity index is 1.73. The van der Waals surface area contributed by atoms with Gasteiger partial charge in [-0.05, 0) is 55.7 Å². The number of amides is 1. The van der Waals surface area contributed by atoms with Crippen molar-refractivity contribution >= 4 is 5.91 Å². The number of nitrogens with one attached hydrogen (secondary N) is 1. The summed E-state index contributed by atoms with van der Waals surface area (Å²) >= 11 is 0. The Morgan fingerprint density at radius 2 is 1.88 bits per heavy atom. The normalized spacial score (nSPS) is 11.6. The van der Waals surface area contributed by atoms with Crippen molar-refractivity contribution in [2.24, 2.45) is 0 Å². The zero-order chi connectivity index (χ0) is 17.4. The van der Waals surface area contributed by atoms with E-state index in [-0.39, 0.29) is 11.7 Å². The minimum Gasteiger partial charge on any atom is -0.496 e. The van der Waals surface area contributed by atoms with Crippen LogP contribution in [0.15, 0.2) is 48.5 Å². The Hall–Kier alpha value is -2.56. The summed E-state index contributed by atoms with van der Waals surface area (Å²) in [6, 6.07) is 13.4. The zero-order valence-corrected chi connectivity index (χ0v) is 13.9. The first-order valence-electron chi connectivity index (χ1n) is 7.92. The molecule has 0 bridgehead atoms. The Labute approximate surface area is 141 Å². The van der Waals surface area contributed by atoms with Crippen molar-refractivity contribution in [1.82, 2.24) is 5.32 Å². The number of halogens is 1. The van der Waals surface area contributed by atoms with Crippen LogP contribution in [0.1, 0.15) is 18.9 Å². The van der Waals surface area contributed by atoms with Gasteiger partial charge in [0.2, 0.25) is 0 Å².